The van der Waals surface area contributed by atoms with Gasteiger partial charge in [-0.3, -0.25) is 4.79 Å². The number of nitrogens with zero attached hydrogens (tertiary/aromatic N) is 4. The summed E-state index contributed by atoms with van der Waals surface area (Å²) >= 11 is 0. The van der Waals surface area contributed by atoms with Gasteiger partial charge >= 0.3 is 5.56 Å². The highest BCUT2D eigenvalue weighted by molar-refractivity contribution is 5.43. The number of aromatic nitrogens is 3. The molecule has 1 fully saturated rings. The van der Waals surface area contributed by atoms with E-state index >= 15 is 0 Å². The third-order valence-corrected chi connectivity index (χ3v) is 4.11. The number of hydrogen-bond donors (Lipinski definition) is 0. The molecule has 0 saturated carbocycles. The van der Waals surface area contributed by atoms with Crippen molar-refractivity contribution < 1.29 is 9.47 Å². The van der Waals surface area contributed by atoms with Crippen molar-refractivity contribution in [3.8, 4) is 17.6 Å². The van der Waals surface area contributed by atoms with Crippen molar-refractivity contribution >= 4 is 0 Å². The van der Waals surface area contributed by atoms with Crippen molar-refractivity contribution in [2.24, 2.45) is 0 Å². The van der Waals surface area contributed by atoms with Crippen LogP contribution in [0.4, 0.5) is 0 Å². The maximum atomic E-state index is 12.8. The quantitative estimate of drug-likeness (QED) is 0.853. The van der Waals surface area contributed by atoms with Crippen LogP contribution in [0.25, 0.3) is 0 Å². The Labute approximate surface area is 145 Å². The second-order valence-corrected chi connectivity index (χ2v) is 6.17. The summed E-state index contributed by atoms with van der Waals surface area (Å²) in [5.74, 6) is 0.664. The molecular formula is C18H20N4O3. The van der Waals surface area contributed by atoms with Gasteiger partial charge in [0.25, 0.3) is 0 Å². The smallest absolute Gasteiger partial charge is 0.312 e. The normalized spacial score (nSPS) is 17.1. The first-order valence-corrected chi connectivity index (χ1v) is 8.28. The summed E-state index contributed by atoms with van der Waals surface area (Å²) in [7, 11) is 0. The van der Waals surface area contributed by atoms with Gasteiger partial charge in [-0.25, -0.2) is 4.98 Å². The van der Waals surface area contributed by atoms with Crippen molar-refractivity contribution in [3.05, 3.63) is 45.1 Å². The summed E-state index contributed by atoms with van der Waals surface area (Å²) in [5.41, 5.74) is 1.96. The number of nitriles is 1. The van der Waals surface area contributed by atoms with Gasteiger partial charge in [-0.2, -0.15) is 15.0 Å². The zero-order valence-electron chi connectivity index (χ0n) is 14.6. The lowest BCUT2D eigenvalue weighted by molar-refractivity contribution is -0.0430. The molecule has 25 heavy (non-hydrogen) atoms. The molecule has 0 amide bonds. The molecule has 1 saturated heterocycles. The molecule has 0 aliphatic carbocycles. The first-order chi connectivity index (χ1) is 12.0. The fourth-order valence-electron chi connectivity index (χ4n) is 2.93. The van der Waals surface area contributed by atoms with Crippen LogP contribution in [0.1, 0.15) is 48.1 Å². The predicted octanol–water partition coefficient (Wildman–Crippen LogP) is 2.93. The molecule has 0 aromatic carbocycles. The van der Waals surface area contributed by atoms with Gasteiger partial charge in [0.15, 0.2) is 17.7 Å². The van der Waals surface area contributed by atoms with E-state index in [1.54, 1.807) is 19.1 Å². The van der Waals surface area contributed by atoms with Crippen LogP contribution < -0.4 is 10.3 Å². The Morgan fingerprint density at radius 1 is 1.32 bits per heavy atom. The maximum Gasteiger partial charge on any atom is 0.312 e. The molecule has 130 valence electrons. The third kappa shape index (κ3) is 3.54. The van der Waals surface area contributed by atoms with Gasteiger partial charge < -0.3 is 9.47 Å². The Bertz CT molecular complexity index is 869. The van der Waals surface area contributed by atoms with Crippen LogP contribution in [-0.2, 0) is 4.74 Å². The highest BCUT2D eigenvalue weighted by atomic mass is 16.5. The van der Waals surface area contributed by atoms with E-state index in [9.17, 15) is 4.79 Å². The molecule has 0 spiro atoms. The molecule has 2 aromatic heterocycles. The van der Waals surface area contributed by atoms with Gasteiger partial charge in [0.1, 0.15) is 11.8 Å². The van der Waals surface area contributed by atoms with Crippen LogP contribution in [0.3, 0.4) is 0 Å². The van der Waals surface area contributed by atoms with Crippen LogP contribution in [0.5, 0.6) is 11.5 Å². The molecule has 0 N–H and O–H groups in total. The maximum absolute atomic E-state index is 12.8. The van der Waals surface area contributed by atoms with Crippen LogP contribution in [0.15, 0.2) is 16.9 Å². The van der Waals surface area contributed by atoms with E-state index in [1.807, 2.05) is 19.9 Å². The van der Waals surface area contributed by atoms with E-state index in [0.29, 0.717) is 29.4 Å². The van der Waals surface area contributed by atoms with Crippen molar-refractivity contribution in [2.45, 2.75) is 46.3 Å². The molecule has 7 nitrogen and oxygen atoms in total. The largest absolute Gasteiger partial charge is 0.449 e. The minimum atomic E-state index is -0.357. The van der Waals surface area contributed by atoms with Crippen molar-refractivity contribution in [1.82, 2.24) is 14.8 Å². The predicted molar refractivity (Wildman–Crippen MR) is 90.6 cm³/mol. The number of ether oxygens (including phenoxy) is 2. The van der Waals surface area contributed by atoms with E-state index in [2.05, 4.69) is 10.1 Å². The molecule has 2 aromatic rings. The molecule has 1 unspecified atom stereocenters. The molecule has 3 heterocycles. The molecule has 1 aliphatic heterocycles. The van der Waals surface area contributed by atoms with Gasteiger partial charge in [0.2, 0.25) is 0 Å². The highest BCUT2D eigenvalue weighted by Gasteiger charge is 2.21. The average molecular weight is 340 g/mol. The lowest BCUT2D eigenvalue weighted by Gasteiger charge is -2.24. The first kappa shape index (κ1) is 17.1. The van der Waals surface area contributed by atoms with Crippen LogP contribution in [-0.4, -0.2) is 21.4 Å². The van der Waals surface area contributed by atoms with Crippen molar-refractivity contribution in [2.75, 3.05) is 6.61 Å². The van der Waals surface area contributed by atoms with Gasteiger partial charge in [-0.15, -0.1) is 0 Å². The number of rotatable bonds is 3. The lowest BCUT2D eigenvalue weighted by atomic mass is 10.2. The lowest BCUT2D eigenvalue weighted by Crippen LogP contribution is -2.32. The number of pyridine rings is 1. The molecule has 0 radical (unpaired) electrons. The molecule has 3 rings (SSSR count). The topological polar surface area (TPSA) is 90.0 Å². The van der Waals surface area contributed by atoms with Gasteiger partial charge in [-0.1, -0.05) is 0 Å². The summed E-state index contributed by atoms with van der Waals surface area (Å²) in [5, 5.41) is 13.3. The number of hydrogen-bond acceptors (Lipinski definition) is 6. The van der Waals surface area contributed by atoms with E-state index in [4.69, 9.17) is 14.7 Å². The number of aryl methyl sites for hydroxylation is 3. The Kier molecular flexibility index (Phi) is 4.81. The summed E-state index contributed by atoms with van der Waals surface area (Å²) in [6, 6.07) is 5.26. The fraction of sp³-hybridized carbons (Fsp3) is 0.444. The van der Waals surface area contributed by atoms with Crippen LogP contribution in [0, 0.1) is 32.1 Å². The zero-order valence-corrected chi connectivity index (χ0v) is 14.6. The minimum Gasteiger partial charge on any atom is -0.449 e. The van der Waals surface area contributed by atoms with Crippen LogP contribution >= 0.6 is 0 Å². The fourth-order valence-corrected chi connectivity index (χ4v) is 2.93. The molecule has 0 bridgehead atoms. The van der Waals surface area contributed by atoms with E-state index in [-0.39, 0.29) is 17.5 Å². The van der Waals surface area contributed by atoms with Gasteiger partial charge in [0.05, 0.1) is 11.4 Å². The Hall–Kier alpha value is -2.72. The molecule has 1 aliphatic rings. The SMILES string of the molecule is Cc1cc(Oc2c(C)cc(C#N)nc2C)c(=O)n(C2CCCCO2)n1. The molecule has 1 atom stereocenters. The van der Waals surface area contributed by atoms with Gasteiger partial charge in [-0.05, 0) is 51.7 Å². The second kappa shape index (κ2) is 7.03. The first-order valence-electron chi connectivity index (χ1n) is 8.28. The average Bonchev–Trinajstić information content (AvgIpc) is 2.61. The van der Waals surface area contributed by atoms with Crippen molar-refractivity contribution in [3.63, 3.8) is 0 Å². The van der Waals surface area contributed by atoms with E-state index < -0.39 is 0 Å². The summed E-state index contributed by atoms with van der Waals surface area (Å²) < 4.78 is 12.9. The van der Waals surface area contributed by atoms with Gasteiger partial charge in [0, 0.05) is 12.7 Å². The third-order valence-electron chi connectivity index (χ3n) is 4.11. The summed E-state index contributed by atoms with van der Waals surface area (Å²) in [6.07, 6.45) is 2.40. The molecule has 7 heteroatoms. The van der Waals surface area contributed by atoms with Crippen LogP contribution in [0.2, 0.25) is 0 Å². The summed E-state index contributed by atoms with van der Waals surface area (Å²) in [6.45, 7) is 6.00. The highest BCUT2D eigenvalue weighted by Crippen LogP contribution is 2.27. The second-order valence-electron chi connectivity index (χ2n) is 6.17. The Morgan fingerprint density at radius 2 is 2.12 bits per heavy atom. The minimum absolute atomic E-state index is 0.180. The molecular weight excluding hydrogens is 320 g/mol. The Morgan fingerprint density at radius 3 is 2.76 bits per heavy atom. The zero-order chi connectivity index (χ0) is 18.0. The van der Waals surface area contributed by atoms with E-state index in [1.165, 1.54) is 4.68 Å². The summed E-state index contributed by atoms with van der Waals surface area (Å²) in [4.78, 5) is 17.0. The van der Waals surface area contributed by atoms with E-state index in [0.717, 1.165) is 24.8 Å². The standard InChI is InChI=1S/C18H20N4O3/c1-11-8-14(10-19)20-13(3)17(11)25-15-9-12(2)21-22(18(15)23)16-6-4-5-7-24-16/h8-9,16H,4-7H2,1-3H3. The monoisotopic (exact) mass is 340 g/mol. The van der Waals surface area contributed by atoms with Crippen molar-refractivity contribution in [1.29, 1.82) is 5.26 Å². The Balaban J connectivity index is 2.00.